The lowest BCUT2D eigenvalue weighted by Crippen LogP contribution is -2.63. The average molecular weight is 332 g/mol. The summed E-state index contributed by atoms with van der Waals surface area (Å²) in [6, 6.07) is 0. The average Bonchev–Trinajstić information content (AvgIpc) is 2.26. The molecule has 0 aromatic rings. The number of rotatable bonds is 6. The van der Waals surface area contributed by atoms with E-state index in [9.17, 15) is 57.1 Å². The Morgan fingerprint density at radius 1 is 0.650 bits per heavy atom. The first-order valence-corrected chi connectivity index (χ1v) is 4.06. The molecule has 13 heteroatoms. The predicted molar refractivity (Wildman–Crippen MR) is 35.6 cm³/mol. The van der Waals surface area contributed by atoms with E-state index in [4.69, 9.17) is 0 Å². The SMILES string of the molecule is F[C](F)C(F)(F)C(F)C(F)(F)C(F)(F)C(F)(F)[C](F)F. The molecule has 0 aliphatic carbocycles. The monoisotopic (exact) mass is 332 g/mol. The topological polar surface area (TPSA) is 0 Å². The molecule has 0 amide bonds. The molecule has 1 unspecified atom stereocenters. The zero-order chi connectivity index (χ0) is 16.7. The summed E-state index contributed by atoms with van der Waals surface area (Å²) in [5.74, 6) is -28.1. The smallest absolute Gasteiger partial charge is 0.234 e. The molecule has 0 aromatic heterocycles. The first-order chi connectivity index (χ1) is 8.54. The van der Waals surface area contributed by atoms with Crippen LogP contribution in [0.5, 0.6) is 0 Å². The number of hydrogen-bond donors (Lipinski definition) is 0. The molecule has 2 radical (unpaired) electrons. The lowest BCUT2D eigenvalue weighted by atomic mass is 9.97. The molecule has 0 nitrogen and oxygen atoms in total. The summed E-state index contributed by atoms with van der Waals surface area (Å²) in [7, 11) is 0. The lowest BCUT2D eigenvalue weighted by Gasteiger charge is -2.35. The summed E-state index contributed by atoms with van der Waals surface area (Å²) < 4.78 is 157. The molecule has 120 valence electrons. The van der Waals surface area contributed by atoms with Crippen molar-refractivity contribution in [1.29, 1.82) is 0 Å². The molecule has 0 N–H and O–H groups in total. The first-order valence-electron chi connectivity index (χ1n) is 4.06. The standard InChI is InChI=1S/C7HF13/c8-1(4(13,14)2(9)10)5(15,16)7(19,20)6(17,18)3(11)12/h1H. The first kappa shape index (κ1) is 19.1. The molecule has 0 aliphatic heterocycles. The van der Waals surface area contributed by atoms with E-state index in [1.807, 2.05) is 0 Å². The van der Waals surface area contributed by atoms with Crippen LogP contribution in [0, 0.1) is 12.9 Å². The van der Waals surface area contributed by atoms with E-state index in [0.717, 1.165) is 0 Å². The molecule has 0 aromatic carbocycles. The van der Waals surface area contributed by atoms with Crippen molar-refractivity contribution >= 4 is 0 Å². The second-order valence-electron chi connectivity index (χ2n) is 3.28. The maximum absolute atomic E-state index is 12.5. The molecule has 20 heavy (non-hydrogen) atoms. The fourth-order valence-corrected chi connectivity index (χ4v) is 0.811. The Morgan fingerprint density at radius 2 is 1.00 bits per heavy atom. The van der Waals surface area contributed by atoms with Crippen LogP contribution >= 0.6 is 0 Å². The van der Waals surface area contributed by atoms with Gasteiger partial charge in [0.1, 0.15) is 0 Å². The van der Waals surface area contributed by atoms with Gasteiger partial charge >= 0.3 is 36.5 Å². The Kier molecular flexibility index (Phi) is 4.90. The van der Waals surface area contributed by atoms with E-state index in [1.54, 1.807) is 0 Å². The van der Waals surface area contributed by atoms with Crippen LogP contribution in [0.25, 0.3) is 0 Å². The highest BCUT2D eigenvalue weighted by Gasteiger charge is 2.82. The molecule has 0 bridgehead atoms. The van der Waals surface area contributed by atoms with E-state index in [-0.39, 0.29) is 0 Å². The second kappa shape index (κ2) is 5.13. The van der Waals surface area contributed by atoms with Gasteiger partial charge in [0.15, 0.2) is 0 Å². The van der Waals surface area contributed by atoms with Crippen LogP contribution in [0.1, 0.15) is 0 Å². The molecule has 0 aliphatic rings. The van der Waals surface area contributed by atoms with Gasteiger partial charge in [0.25, 0.3) is 0 Å². The summed E-state index contributed by atoms with van der Waals surface area (Å²) >= 11 is 0. The van der Waals surface area contributed by atoms with Crippen molar-refractivity contribution in [3.63, 3.8) is 0 Å². The van der Waals surface area contributed by atoms with E-state index >= 15 is 0 Å². The van der Waals surface area contributed by atoms with Crippen molar-refractivity contribution in [2.45, 2.75) is 29.9 Å². The van der Waals surface area contributed by atoms with E-state index in [1.165, 1.54) is 0 Å². The van der Waals surface area contributed by atoms with E-state index in [2.05, 4.69) is 0 Å². The maximum atomic E-state index is 12.5. The van der Waals surface area contributed by atoms with Crippen molar-refractivity contribution < 1.29 is 57.1 Å². The molecule has 0 saturated carbocycles. The molecule has 0 fully saturated rings. The van der Waals surface area contributed by atoms with Crippen LogP contribution in [-0.4, -0.2) is 29.9 Å². The summed E-state index contributed by atoms with van der Waals surface area (Å²) in [6.45, 7) is 0. The highest BCUT2D eigenvalue weighted by atomic mass is 19.4. The molecule has 0 heterocycles. The fourth-order valence-electron chi connectivity index (χ4n) is 0.811. The lowest BCUT2D eigenvalue weighted by molar-refractivity contribution is -0.350. The van der Waals surface area contributed by atoms with Gasteiger partial charge in [-0.2, -0.15) is 52.7 Å². The Balaban J connectivity index is 5.74. The minimum absolute atomic E-state index is 4.42. The van der Waals surface area contributed by atoms with Gasteiger partial charge in [-0.15, -0.1) is 0 Å². The number of halogens is 13. The van der Waals surface area contributed by atoms with Crippen LogP contribution < -0.4 is 0 Å². The third kappa shape index (κ3) is 2.62. The molecule has 0 saturated heterocycles. The van der Waals surface area contributed by atoms with Gasteiger partial charge in [0.2, 0.25) is 6.17 Å². The maximum Gasteiger partial charge on any atom is 0.385 e. The van der Waals surface area contributed by atoms with E-state index in [0.29, 0.717) is 0 Å². The normalized spacial score (nSPS) is 16.9. The second-order valence-corrected chi connectivity index (χ2v) is 3.28. The quantitative estimate of drug-likeness (QED) is 0.617. The number of alkyl halides is 9. The third-order valence-corrected chi connectivity index (χ3v) is 1.94. The van der Waals surface area contributed by atoms with Gasteiger partial charge < -0.3 is 0 Å². The summed E-state index contributed by atoms with van der Waals surface area (Å²) in [4.78, 5) is 0. The van der Waals surface area contributed by atoms with Crippen molar-refractivity contribution in [2.75, 3.05) is 0 Å². The molecule has 0 rings (SSSR count). The fraction of sp³-hybridized carbons (Fsp3) is 0.714. The highest BCUT2D eigenvalue weighted by molar-refractivity contribution is 5.10. The number of hydrogen-bond acceptors (Lipinski definition) is 0. The van der Waals surface area contributed by atoms with Crippen LogP contribution in [0.2, 0.25) is 0 Å². The van der Waals surface area contributed by atoms with Crippen molar-refractivity contribution in [3.05, 3.63) is 12.9 Å². The minimum atomic E-state index is -7.38. The molecule has 0 spiro atoms. The Bertz CT molecular complexity index is 332. The summed E-state index contributed by atoms with van der Waals surface area (Å²) in [6.07, 6.45) is -14.9. The summed E-state index contributed by atoms with van der Waals surface area (Å²) in [5, 5.41) is 0. The van der Waals surface area contributed by atoms with Gasteiger partial charge in [-0.3, -0.25) is 0 Å². The van der Waals surface area contributed by atoms with Crippen molar-refractivity contribution in [3.8, 4) is 0 Å². The minimum Gasteiger partial charge on any atom is -0.234 e. The van der Waals surface area contributed by atoms with Crippen LogP contribution in [-0.2, 0) is 0 Å². The van der Waals surface area contributed by atoms with E-state index < -0.39 is 42.7 Å². The zero-order valence-corrected chi connectivity index (χ0v) is 8.49. The third-order valence-electron chi connectivity index (χ3n) is 1.94. The van der Waals surface area contributed by atoms with Crippen LogP contribution in [0.3, 0.4) is 0 Å². The molecular formula is C7HF13. The van der Waals surface area contributed by atoms with Crippen molar-refractivity contribution in [1.82, 2.24) is 0 Å². The van der Waals surface area contributed by atoms with Crippen molar-refractivity contribution in [2.24, 2.45) is 0 Å². The van der Waals surface area contributed by atoms with Gasteiger partial charge in [-0.25, -0.2) is 4.39 Å². The largest absolute Gasteiger partial charge is 0.385 e. The van der Waals surface area contributed by atoms with Gasteiger partial charge in [0.05, 0.1) is 0 Å². The zero-order valence-electron chi connectivity index (χ0n) is 8.49. The highest BCUT2D eigenvalue weighted by Crippen LogP contribution is 2.55. The van der Waals surface area contributed by atoms with Crippen LogP contribution in [0.4, 0.5) is 57.1 Å². The predicted octanol–water partition coefficient (Wildman–Crippen LogP) is 4.72. The Labute approximate surface area is 101 Å². The molecular weight excluding hydrogens is 331 g/mol. The van der Waals surface area contributed by atoms with Gasteiger partial charge in [-0.1, -0.05) is 0 Å². The Morgan fingerprint density at radius 3 is 1.25 bits per heavy atom. The molecule has 1 atom stereocenters. The van der Waals surface area contributed by atoms with Gasteiger partial charge in [0, 0.05) is 0 Å². The van der Waals surface area contributed by atoms with Gasteiger partial charge in [-0.05, 0) is 0 Å². The Hall–Kier alpha value is -0.910. The summed E-state index contributed by atoms with van der Waals surface area (Å²) in [5.41, 5.74) is 0. The van der Waals surface area contributed by atoms with Crippen LogP contribution in [0.15, 0.2) is 0 Å².